The molecule has 6 nitrogen and oxygen atoms in total. The lowest BCUT2D eigenvalue weighted by molar-refractivity contribution is -0.120. The van der Waals surface area contributed by atoms with Crippen molar-refractivity contribution in [3.05, 3.63) is 46.7 Å². The van der Waals surface area contributed by atoms with Gasteiger partial charge in [-0.2, -0.15) is 0 Å². The maximum Gasteiger partial charge on any atom is 0.323 e. The zero-order chi connectivity index (χ0) is 17.4. The van der Waals surface area contributed by atoms with E-state index in [1.165, 1.54) is 23.5 Å². The molecular formula is C17H17FN4O2S. The molecule has 1 saturated heterocycles. The van der Waals surface area contributed by atoms with Gasteiger partial charge in [-0.15, -0.1) is 11.3 Å². The maximum absolute atomic E-state index is 13.3. The summed E-state index contributed by atoms with van der Waals surface area (Å²) in [6.07, 6.45) is 1.00. The number of aromatic nitrogens is 1. The van der Waals surface area contributed by atoms with Crippen LogP contribution < -0.4 is 15.5 Å². The van der Waals surface area contributed by atoms with Gasteiger partial charge in [-0.1, -0.05) is 12.1 Å². The molecule has 3 amide bonds. The standard InChI is InChI=1S/C17H17FN4O2S/c18-11-3-1-2-10(6-11)13-8-14(13)21-15(23)7-12-9-25-17(20-12)22-5-4-19-16(22)24/h1-3,6,9,13-14H,4-5,7-8H2,(H,19,24)(H,21,23)/t13-,14-/m1/s1. The summed E-state index contributed by atoms with van der Waals surface area (Å²) in [7, 11) is 0. The van der Waals surface area contributed by atoms with Crippen LogP contribution in [0.3, 0.4) is 0 Å². The minimum absolute atomic E-state index is 0.0526. The number of rotatable bonds is 5. The van der Waals surface area contributed by atoms with Crippen LogP contribution in [0.25, 0.3) is 0 Å². The molecule has 2 N–H and O–H groups in total. The highest BCUT2D eigenvalue weighted by Gasteiger charge is 2.39. The molecule has 0 unspecified atom stereocenters. The first kappa shape index (κ1) is 16.0. The monoisotopic (exact) mass is 360 g/mol. The number of hydrogen-bond acceptors (Lipinski definition) is 4. The Bertz CT molecular complexity index is 824. The summed E-state index contributed by atoms with van der Waals surface area (Å²) in [6.45, 7) is 1.20. The van der Waals surface area contributed by atoms with Gasteiger partial charge < -0.3 is 10.6 Å². The Morgan fingerprint density at radius 3 is 3.12 bits per heavy atom. The van der Waals surface area contributed by atoms with Gasteiger partial charge in [0.25, 0.3) is 0 Å². The Morgan fingerprint density at radius 1 is 1.48 bits per heavy atom. The summed E-state index contributed by atoms with van der Waals surface area (Å²) < 4.78 is 13.3. The van der Waals surface area contributed by atoms with Crippen LogP contribution in [0.5, 0.6) is 0 Å². The van der Waals surface area contributed by atoms with Crippen molar-refractivity contribution in [3.8, 4) is 0 Å². The van der Waals surface area contributed by atoms with Crippen LogP contribution in [-0.4, -0.2) is 36.1 Å². The fraction of sp³-hybridized carbons (Fsp3) is 0.353. The third-order valence-electron chi connectivity index (χ3n) is 4.38. The molecule has 1 saturated carbocycles. The molecule has 2 atom stereocenters. The van der Waals surface area contributed by atoms with Crippen LogP contribution >= 0.6 is 11.3 Å². The molecule has 1 aliphatic carbocycles. The lowest BCUT2D eigenvalue weighted by Gasteiger charge is -2.08. The fourth-order valence-corrected chi connectivity index (χ4v) is 3.89. The number of nitrogens with zero attached hydrogens (tertiary/aromatic N) is 2. The molecular weight excluding hydrogens is 343 g/mol. The van der Waals surface area contributed by atoms with Gasteiger partial charge in [0.1, 0.15) is 5.82 Å². The van der Waals surface area contributed by atoms with E-state index in [9.17, 15) is 14.0 Å². The molecule has 0 radical (unpaired) electrons. The molecule has 2 aromatic rings. The molecule has 0 bridgehead atoms. The second-order valence-electron chi connectivity index (χ2n) is 6.25. The summed E-state index contributed by atoms with van der Waals surface area (Å²) in [4.78, 5) is 29.8. The largest absolute Gasteiger partial charge is 0.352 e. The summed E-state index contributed by atoms with van der Waals surface area (Å²) in [5.41, 5.74) is 1.57. The van der Waals surface area contributed by atoms with Gasteiger partial charge in [0.05, 0.1) is 12.1 Å². The number of urea groups is 1. The van der Waals surface area contributed by atoms with Crippen LogP contribution in [0.15, 0.2) is 29.6 Å². The number of carbonyl (C=O) groups is 2. The highest BCUT2D eigenvalue weighted by Crippen LogP contribution is 2.40. The van der Waals surface area contributed by atoms with E-state index in [1.807, 2.05) is 6.07 Å². The van der Waals surface area contributed by atoms with Gasteiger partial charge in [0, 0.05) is 30.4 Å². The molecule has 1 aliphatic heterocycles. The fourth-order valence-electron chi connectivity index (χ4n) is 3.04. The molecule has 2 heterocycles. The van der Waals surface area contributed by atoms with E-state index in [4.69, 9.17) is 0 Å². The lowest BCUT2D eigenvalue weighted by Crippen LogP contribution is -2.29. The quantitative estimate of drug-likeness (QED) is 0.857. The van der Waals surface area contributed by atoms with Crippen LogP contribution in [0.2, 0.25) is 0 Å². The van der Waals surface area contributed by atoms with Gasteiger partial charge in [0.15, 0.2) is 5.13 Å². The lowest BCUT2D eigenvalue weighted by atomic mass is 10.1. The number of carbonyl (C=O) groups excluding carboxylic acids is 2. The molecule has 2 fully saturated rings. The van der Waals surface area contributed by atoms with E-state index in [0.29, 0.717) is 23.9 Å². The van der Waals surface area contributed by atoms with Gasteiger partial charge in [-0.05, 0) is 24.1 Å². The Hall–Kier alpha value is -2.48. The van der Waals surface area contributed by atoms with Crippen molar-refractivity contribution in [2.75, 3.05) is 18.0 Å². The predicted octanol–water partition coefficient (Wildman–Crippen LogP) is 2.03. The summed E-state index contributed by atoms with van der Waals surface area (Å²) in [5.74, 6) is -0.180. The highest BCUT2D eigenvalue weighted by molar-refractivity contribution is 7.14. The Balaban J connectivity index is 1.31. The maximum atomic E-state index is 13.3. The van der Waals surface area contributed by atoms with Gasteiger partial charge in [-0.3, -0.25) is 9.69 Å². The van der Waals surface area contributed by atoms with E-state index in [2.05, 4.69) is 15.6 Å². The second-order valence-corrected chi connectivity index (χ2v) is 7.09. The van der Waals surface area contributed by atoms with Crippen molar-refractivity contribution in [1.82, 2.24) is 15.6 Å². The predicted molar refractivity (Wildman–Crippen MR) is 92.3 cm³/mol. The molecule has 8 heteroatoms. The van der Waals surface area contributed by atoms with Crippen molar-refractivity contribution in [3.63, 3.8) is 0 Å². The molecule has 4 rings (SSSR count). The van der Waals surface area contributed by atoms with Crippen molar-refractivity contribution in [1.29, 1.82) is 0 Å². The summed E-state index contributed by atoms with van der Waals surface area (Å²) in [5, 5.41) is 8.11. The van der Waals surface area contributed by atoms with Crippen molar-refractivity contribution in [2.45, 2.75) is 24.8 Å². The van der Waals surface area contributed by atoms with E-state index in [0.717, 1.165) is 12.0 Å². The molecule has 0 spiro atoms. The number of anilines is 1. The first-order chi connectivity index (χ1) is 12.1. The minimum atomic E-state index is -0.254. The normalized spacial score (nSPS) is 22.0. The number of hydrogen-bond donors (Lipinski definition) is 2. The van der Waals surface area contributed by atoms with Gasteiger partial charge >= 0.3 is 6.03 Å². The average molecular weight is 360 g/mol. The highest BCUT2D eigenvalue weighted by atomic mass is 32.1. The van der Waals surface area contributed by atoms with Crippen molar-refractivity contribution >= 4 is 28.4 Å². The summed E-state index contributed by atoms with van der Waals surface area (Å²) in [6, 6.07) is 6.41. The van der Waals surface area contributed by atoms with Gasteiger partial charge in [-0.25, -0.2) is 14.2 Å². The first-order valence-corrected chi connectivity index (χ1v) is 9.03. The Kier molecular flexibility index (Phi) is 4.12. The number of halogens is 1. The molecule has 1 aromatic heterocycles. The van der Waals surface area contributed by atoms with Crippen LogP contribution in [0.1, 0.15) is 23.6 Å². The van der Waals surface area contributed by atoms with E-state index in [-0.39, 0.29) is 36.1 Å². The van der Waals surface area contributed by atoms with Crippen LogP contribution in [-0.2, 0) is 11.2 Å². The Labute approximate surface area is 148 Å². The topological polar surface area (TPSA) is 74.3 Å². The molecule has 2 aliphatic rings. The zero-order valence-corrected chi connectivity index (χ0v) is 14.2. The van der Waals surface area contributed by atoms with Crippen LogP contribution in [0.4, 0.5) is 14.3 Å². The van der Waals surface area contributed by atoms with E-state index in [1.54, 1.807) is 16.3 Å². The first-order valence-electron chi connectivity index (χ1n) is 8.15. The molecule has 25 heavy (non-hydrogen) atoms. The zero-order valence-electron chi connectivity index (χ0n) is 13.4. The van der Waals surface area contributed by atoms with E-state index >= 15 is 0 Å². The number of amides is 3. The minimum Gasteiger partial charge on any atom is -0.352 e. The number of nitrogens with one attached hydrogen (secondary N) is 2. The van der Waals surface area contributed by atoms with Crippen LogP contribution in [0, 0.1) is 5.82 Å². The van der Waals surface area contributed by atoms with Gasteiger partial charge in [0.2, 0.25) is 5.91 Å². The third-order valence-corrected chi connectivity index (χ3v) is 5.30. The van der Waals surface area contributed by atoms with Crippen molar-refractivity contribution in [2.24, 2.45) is 0 Å². The smallest absolute Gasteiger partial charge is 0.323 e. The number of thiazole rings is 1. The van der Waals surface area contributed by atoms with E-state index < -0.39 is 0 Å². The number of benzene rings is 1. The molecule has 130 valence electrons. The third kappa shape index (κ3) is 3.48. The van der Waals surface area contributed by atoms with Crippen molar-refractivity contribution < 1.29 is 14.0 Å². The molecule has 1 aromatic carbocycles. The summed E-state index contributed by atoms with van der Waals surface area (Å²) >= 11 is 1.36. The average Bonchev–Trinajstić information content (AvgIpc) is 2.97. The second kappa shape index (κ2) is 6.44. The SMILES string of the molecule is O=C(Cc1csc(N2CCNC2=O)n1)N[C@@H]1C[C@@H]1c1cccc(F)c1. The Morgan fingerprint density at radius 2 is 2.36 bits per heavy atom.